The molecule has 0 spiro atoms. The second kappa shape index (κ2) is 17.5. The molecule has 0 radical (unpaired) electrons. The van der Waals surface area contributed by atoms with Crippen LogP contribution in [0, 0.1) is 17.8 Å². The first kappa shape index (κ1) is 40.8. The van der Waals surface area contributed by atoms with Crippen LogP contribution in [0.4, 0.5) is 0 Å². The van der Waals surface area contributed by atoms with Gasteiger partial charge in [-0.3, -0.25) is 19.3 Å². The van der Waals surface area contributed by atoms with Crippen LogP contribution in [0.3, 0.4) is 0 Å². The van der Waals surface area contributed by atoms with Gasteiger partial charge >= 0.3 is 5.97 Å². The summed E-state index contributed by atoms with van der Waals surface area (Å²) in [5.41, 5.74) is 4.12. The smallest absolute Gasteiger partial charge is 0.303 e. The molecule has 3 aromatic rings. The van der Waals surface area contributed by atoms with Gasteiger partial charge in [-0.15, -0.1) is 0 Å². The van der Waals surface area contributed by atoms with Crippen molar-refractivity contribution >= 4 is 58.5 Å². The second-order valence-electron chi connectivity index (χ2n) is 16.2. The number of phenolic OH excluding ortho intramolecular Hbond substituents is 1. The number of carboxylic acid groups (broad SMARTS) is 1. The highest BCUT2D eigenvalue weighted by Crippen LogP contribution is 2.50. The van der Waals surface area contributed by atoms with Gasteiger partial charge in [0.05, 0.1) is 31.2 Å². The van der Waals surface area contributed by atoms with E-state index in [-0.39, 0.29) is 41.0 Å². The number of hydrogen-bond acceptors (Lipinski definition) is 6. The van der Waals surface area contributed by atoms with Gasteiger partial charge < -0.3 is 19.4 Å². The summed E-state index contributed by atoms with van der Waals surface area (Å²) in [5, 5.41) is 21.7. The SMILES string of the molecule is CC/C(=C\c1cc(Br)ccc1O)CC[C@H]1OC[C@H]2C1=C(CO[Si](c1ccccc1)(c1ccccc1)C(C)(C)C)C[C@H]1C(=O)N(CCCCCC(=O)O)C(=O)[C@H]12. The van der Waals surface area contributed by atoms with Crippen molar-refractivity contribution in [3.8, 4) is 5.75 Å². The van der Waals surface area contributed by atoms with Crippen LogP contribution in [0.15, 0.2) is 100 Å². The fourth-order valence-electron chi connectivity index (χ4n) is 9.10. The van der Waals surface area contributed by atoms with Crippen LogP contribution in [0.2, 0.25) is 5.04 Å². The normalized spacial score (nSPS) is 21.6. The predicted octanol–water partition coefficient (Wildman–Crippen LogP) is 8.27. The number of ether oxygens (including phenoxy) is 1. The number of imide groups is 1. The van der Waals surface area contributed by atoms with Crippen molar-refractivity contribution in [1.82, 2.24) is 4.90 Å². The molecule has 3 aliphatic rings. The van der Waals surface area contributed by atoms with Crippen LogP contribution in [-0.4, -0.2) is 67.1 Å². The zero-order valence-corrected chi connectivity index (χ0v) is 35.0. The summed E-state index contributed by atoms with van der Waals surface area (Å²) in [4.78, 5) is 40.7. The molecule has 0 unspecified atom stereocenters. The number of hydrogen-bond donors (Lipinski definition) is 2. The molecule has 6 rings (SSSR count). The van der Waals surface area contributed by atoms with E-state index in [9.17, 15) is 19.5 Å². The number of allylic oxidation sites excluding steroid dienone is 1. The summed E-state index contributed by atoms with van der Waals surface area (Å²) in [5.74, 6) is -2.07. The molecule has 2 heterocycles. The van der Waals surface area contributed by atoms with Crippen LogP contribution in [0.5, 0.6) is 5.75 Å². The quantitative estimate of drug-likeness (QED) is 0.0647. The summed E-state index contributed by atoms with van der Waals surface area (Å²) in [6.07, 6.45) is 6.33. The molecule has 2 N–H and O–H groups in total. The predicted molar refractivity (Wildman–Crippen MR) is 222 cm³/mol. The number of aliphatic carboxylic acids is 1. The number of phenols is 1. The van der Waals surface area contributed by atoms with Crippen LogP contribution in [0.1, 0.15) is 84.6 Å². The average molecular weight is 829 g/mol. The van der Waals surface area contributed by atoms with Crippen LogP contribution in [0.25, 0.3) is 6.08 Å². The van der Waals surface area contributed by atoms with Gasteiger partial charge in [-0.1, -0.05) is 122 Å². The maximum Gasteiger partial charge on any atom is 0.303 e. The number of aromatic hydroxyl groups is 1. The highest BCUT2D eigenvalue weighted by Gasteiger charge is 2.57. The molecule has 0 saturated carbocycles. The van der Waals surface area contributed by atoms with Crippen LogP contribution >= 0.6 is 15.9 Å². The molecule has 8 nitrogen and oxygen atoms in total. The van der Waals surface area contributed by atoms with Gasteiger partial charge in [0.15, 0.2) is 0 Å². The van der Waals surface area contributed by atoms with E-state index < -0.39 is 26.1 Å². The Morgan fingerprint density at radius 1 is 0.945 bits per heavy atom. The Kier molecular flexibility index (Phi) is 13.0. The first-order valence-electron chi connectivity index (χ1n) is 19.7. The molecule has 2 fully saturated rings. The highest BCUT2D eigenvalue weighted by molar-refractivity contribution is 9.10. The van der Waals surface area contributed by atoms with Gasteiger partial charge in [0, 0.05) is 28.9 Å². The Bertz CT molecular complexity index is 1880. The first-order valence-corrected chi connectivity index (χ1v) is 22.4. The maximum absolute atomic E-state index is 14.1. The maximum atomic E-state index is 14.1. The van der Waals surface area contributed by atoms with Crippen molar-refractivity contribution in [2.75, 3.05) is 19.8 Å². The minimum Gasteiger partial charge on any atom is -0.507 e. The molecule has 1 aliphatic carbocycles. The summed E-state index contributed by atoms with van der Waals surface area (Å²) < 4.78 is 15.0. The van der Waals surface area contributed by atoms with E-state index in [1.54, 1.807) is 6.07 Å². The monoisotopic (exact) mass is 827 g/mol. The van der Waals surface area contributed by atoms with Gasteiger partial charge in [0.25, 0.3) is 8.32 Å². The van der Waals surface area contributed by atoms with Gasteiger partial charge in [-0.2, -0.15) is 0 Å². The third-order valence-corrected chi connectivity index (χ3v) is 17.3. The molecular weight excluding hydrogens is 774 g/mol. The van der Waals surface area contributed by atoms with Gasteiger partial charge in [0.2, 0.25) is 11.8 Å². The topological polar surface area (TPSA) is 113 Å². The largest absolute Gasteiger partial charge is 0.507 e. The number of nitrogens with zero attached hydrogens (tertiary/aromatic N) is 1. The number of carbonyl (C=O) groups excluding carboxylic acids is 2. The molecule has 2 amide bonds. The van der Waals surface area contributed by atoms with E-state index in [1.807, 2.05) is 24.3 Å². The number of likely N-dealkylation sites (tertiary alicyclic amines) is 1. The molecule has 55 heavy (non-hydrogen) atoms. The van der Waals surface area contributed by atoms with E-state index >= 15 is 0 Å². The lowest BCUT2D eigenvalue weighted by Crippen LogP contribution is -2.66. The van der Waals surface area contributed by atoms with E-state index in [4.69, 9.17) is 14.3 Å². The summed E-state index contributed by atoms with van der Waals surface area (Å²) in [6.45, 7) is 9.89. The number of unbranched alkanes of at least 4 members (excludes halogenated alkanes) is 2. The van der Waals surface area contributed by atoms with Gasteiger partial charge in [0.1, 0.15) is 5.75 Å². The molecule has 2 aliphatic heterocycles. The third-order valence-electron chi connectivity index (χ3n) is 11.8. The molecule has 2 saturated heterocycles. The third kappa shape index (κ3) is 8.62. The number of benzene rings is 3. The zero-order chi connectivity index (χ0) is 39.3. The lowest BCUT2D eigenvalue weighted by atomic mass is 9.69. The van der Waals surface area contributed by atoms with Crippen LogP contribution in [-0.2, 0) is 23.5 Å². The second-order valence-corrected chi connectivity index (χ2v) is 21.4. The molecule has 3 aromatic carbocycles. The van der Waals surface area contributed by atoms with Crippen molar-refractivity contribution < 1.29 is 33.8 Å². The average Bonchev–Trinajstić information content (AvgIpc) is 3.69. The summed E-state index contributed by atoms with van der Waals surface area (Å²) in [7, 11) is -2.92. The van der Waals surface area contributed by atoms with E-state index in [2.05, 4.69) is 98.2 Å². The lowest BCUT2D eigenvalue weighted by Gasteiger charge is -2.44. The Morgan fingerprint density at radius 2 is 1.62 bits per heavy atom. The molecule has 4 atom stereocenters. The van der Waals surface area contributed by atoms with Gasteiger partial charge in [-0.05, 0) is 83.3 Å². The minimum atomic E-state index is -2.92. The first-order chi connectivity index (χ1) is 26.4. The van der Waals surface area contributed by atoms with E-state index in [0.29, 0.717) is 51.9 Å². The molecule has 10 heteroatoms. The molecule has 0 aromatic heterocycles. The van der Waals surface area contributed by atoms with Gasteiger partial charge in [-0.25, -0.2) is 0 Å². The number of fused-ring (bicyclic) bond motifs is 3. The standard InChI is InChI=1S/C45H54BrNO7Si/c1-5-30(25-31-26-33(46)21-22-38(31)48)20-23-39-41-32(28-54-55(45(2,3)4,34-15-9-6-10-16-34)35-17-11-7-12-18-35)27-36-42(37(41)29-53-39)44(52)47(43(36)51)24-14-8-13-19-40(49)50/h6-7,9-12,15-18,21-22,25-26,36-37,39,42,48H,5,8,13-14,19-20,23-24,27-29H2,1-4H3,(H,49,50)/b30-25+/t36-,37+,39-,42-/m1/s1. The summed E-state index contributed by atoms with van der Waals surface area (Å²) >= 11 is 3.53. The number of rotatable bonds is 16. The Hall–Kier alpha value is -3.83. The zero-order valence-electron chi connectivity index (χ0n) is 32.4. The number of carbonyl (C=O) groups is 3. The Labute approximate surface area is 334 Å². The van der Waals surface area contributed by atoms with Crippen molar-refractivity contribution in [2.45, 2.75) is 90.2 Å². The van der Waals surface area contributed by atoms with E-state index in [0.717, 1.165) is 34.0 Å². The number of amides is 2. The fraction of sp³-hybridized carbons (Fsp3) is 0.444. The number of carboxylic acids is 1. The Balaban J connectivity index is 1.34. The molecular formula is C45H54BrNO7Si. The number of halogens is 1. The van der Waals surface area contributed by atoms with Crippen molar-refractivity contribution in [1.29, 1.82) is 0 Å². The van der Waals surface area contributed by atoms with Crippen molar-refractivity contribution in [2.24, 2.45) is 17.8 Å². The molecule has 0 bridgehead atoms. The van der Waals surface area contributed by atoms with Crippen molar-refractivity contribution in [3.63, 3.8) is 0 Å². The van der Waals surface area contributed by atoms with Crippen molar-refractivity contribution in [3.05, 3.63) is 106 Å². The minimum absolute atomic E-state index is 0.0783. The Morgan fingerprint density at radius 3 is 2.24 bits per heavy atom. The highest BCUT2D eigenvalue weighted by atomic mass is 79.9. The van der Waals surface area contributed by atoms with Crippen LogP contribution < -0.4 is 10.4 Å². The molecule has 292 valence electrons. The van der Waals surface area contributed by atoms with E-state index in [1.165, 1.54) is 20.8 Å². The summed E-state index contributed by atoms with van der Waals surface area (Å²) in [6, 6.07) is 26.5. The lowest BCUT2D eigenvalue weighted by molar-refractivity contribution is -0.141. The fourth-order valence-corrected chi connectivity index (χ4v) is 14.0.